The maximum absolute atomic E-state index is 13.9. The van der Waals surface area contributed by atoms with Gasteiger partial charge in [0.15, 0.2) is 4.80 Å². The lowest BCUT2D eigenvalue weighted by Crippen LogP contribution is -2.39. The van der Waals surface area contributed by atoms with Crippen molar-refractivity contribution >= 4 is 39.4 Å². The molecule has 0 bridgehead atoms. The highest BCUT2D eigenvalue weighted by Gasteiger charge is 2.32. The van der Waals surface area contributed by atoms with Crippen LogP contribution in [0.25, 0.3) is 12.2 Å². The normalized spacial score (nSPS) is 18.0. The van der Waals surface area contributed by atoms with Crippen molar-refractivity contribution in [3.05, 3.63) is 130 Å². The van der Waals surface area contributed by atoms with E-state index in [1.807, 2.05) is 59.2 Å². The third-order valence-corrected chi connectivity index (χ3v) is 8.70. The molecule has 7 heteroatoms. The van der Waals surface area contributed by atoms with Crippen LogP contribution in [-0.2, 0) is 0 Å². The van der Waals surface area contributed by atoms with Gasteiger partial charge in [-0.1, -0.05) is 63.7 Å². The molecule has 4 aromatic rings. The molecule has 1 aliphatic carbocycles. The van der Waals surface area contributed by atoms with E-state index >= 15 is 0 Å². The zero-order valence-electron chi connectivity index (χ0n) is 21.7. The van der Waals surface area contributed by atoms with Crippen molar-refractivity contribution < 1.29 is 9.47 Å². The first kappa shape index (κ1) is 25.6. The maximum atomic E-state index is 13.9. The number of aromatic nitrogens is 1. The summed E-state index contributed by atoms with van der Waals surface area (Å²) in [4.78, 5) is 19.8. The van der Waals surface area contributed by atoms with E-state index in [0.717, 1.165) is 62.4 Å². The first-order chi connectivity index (χ1) is 19.0. The second-order valence-electron chi connectivity index (χ2n) is 9.58. The smallest absolute Gasteiger partial charge is 0.271 e. The van der Waals surface area contributed by atoms with E-state index in [1.165, 1.54) is 22.5 Å². The van der Waals surface area contributed by atoms with E-state index < -0.39 is 0 Å². The lowest BCUT2D eigenvalue weighted by Gasteiger charge is -2.31. The largest absolute Gasteiger partial charge is 0.497 e. The van der Waals surface area contributed by atoms with Crippen LogP contribution in [0.1, 0.15) is 42.0 Å². The lowest BCUT2D eigenvalue weighted by molar-refractivity contribution is 0.414. The van der Waals surface area contributed by atoms with Crippen LogP contribution in [0, 0.1) is 0 Å². The van der Waals surface area contributed by atoms with Gasteiger partial charge in [0.2, 0.25) is 0 Å². The Kier molecular flexibility index (Phi) is 7.11. The van der Waals surface area contributed by atoms with Crippen LogP contribution in [0.3, 0.4) is 0 Å². The van der Waals surface area contributed by atoms with Gasteiger partial charge in [-0.05, 0) is 95.6 Å². The Labute approximate surface area is 239 Å². The molecule has 3 aromatic carbocycles. The van der Waals surface area contributed by atoms with Gasteiger partial charge >= 0.3 is 0 Å². The van der Waals surface area contributed by atoms with Crippen LogP contribution >= 0.6 is 27.3 Å². The van der Waals surface area contributed by atoms with Crippen LogP contribution in [0.5, 0.6) is 11.5 Å². The summed E-state index contributed by atoms with van der Waals surface area (Å²) in [5.41, 5.74) is 6.52. The molecule has 1 aliphatic heterocycles. The van der Waals surface area contributed by atoms with Gasteiger partial charge < -0.3 is 9.47 Å². The minimum absolute atomic E-state index is 0.0136. The number of benzene rings is 3. The standard InChI is InChI=1S/C32H27BrN2O3S/c1-37-25-14-8-20(9-15-25)18-23-4-3-5-27-29(23)34-32-35(30(27)22-10-16-26(38-2)17-11-22)31(36)28(39-32)19-21-6-12-24(33)13-7-21/h6-19,30H,3-5H2,1-2H3/b23-18+,28-19?/t30-/m0/s1. The quantitative estimate of drug-likeness (QED) is 0.272. The van der Waals surface area contributed by atoms with E-state index in [4.69, 9.17) is 14.5 Å². The highest BCUT2D eigenvalue weighted by molar-refractivity contribution is 9.10. The minimum atomic E-state index is -0.214. The van der Waals surface area contributed by atoms with E-state index in [2.05, 4.69) is 46.3 Å². The number of hydrogen-bond donors (Lipinski definition) is 0. The Bertz CT molecular complexity index is 1760. The van der Waals surface area contributed by atoms with Crippen molar-refractivity contribution in [2.75, 3.05) is 14.2 Å². The molecular weight excluding hydrogens is 572 g/mol. The minimum Gasteiger partial charge on any atom is -0.497 e. The number of nitrogens with zero attached hydrogens (tertiary/aromatic N) is 2. The molecule has 0 unspecified atom stereocenters. The zero-order valence-corrected chi connectivity index (χ0v) is 24.1. The first-order valence-electron chi connectivity index (χ1n) is 12.8. The van der Waals surface area contributed by atoms with Crippen LogP contribution in [0.15, 0.2) is 104 Å². The van der Waals surface area contributed by atoms with Gasteiger partial charge in [-0.25, -0.2) is 4.99 Å². The molecule has 0 amide bonds. The molecule has 0 radical (unpaired) electrons. The van der Waals surface area contributed by atoms with E-state index in [-0.39, 0.29) is 11.6 Å². The van der Waals surface area contributed by atoms with Gasteiger partial charge in [0, 0.05) is 4.47 Å². The number of allylic oxidation sites excluding steroid dienone is 2. The van der Waals surface area contributed by atoms with Gasteiger partial charge in [-0.2, -0.15) is 0 Å². The van der Waals surface area contributed by atoms with Gasteiger partial charge in [0.1, 0.15) is 11.5 Å². The summed E-state index contributed by atoms with van der Waals surface area (Å²) < 4.78 is 14.3. The summed E-state index contributed by atoms with van der Waals surface area (Å²) in [5, 5.41) is 0. The van der Waals surface area contributed by atoms with Gasteiger partial charge in [0.05, 0.1) is 30.5 Å². The SMILES string of the molecule is COc1ccc(/C=C2\CCCC3=C2N=c2sc(=Cc4ccc(Br)cc4)c(=O)n2[C@H]3c2ccc(OC)cc2)cc1. The summed E-state index contributed by atoms with van der Waals surface area (Å²) in [7, 11) is 3.34. The Hall–Kier alpha value is -3.68. The Morgan fingerprint density at radius 3 is 2.15 bits per heavy atom. The lowest BCUT2D eigenvalue weighted by atomic mass is 9.84. The van der Waals surface area contributed by atoms with Crippen molar-refractivity contribution in [3.8, 4) is 11.5 Å². The van der Waals surface area contributed by atoms with E-state index in [1.54, 1.807) is 14.2 Å². The third kappa shape index (κ3) is 5.04. The second kappa shape index (κ2) is 10.8. The van der Waals surface area contributed by atoms with Crippen LogP contribution < -0.4 is 24.4 Å². The van der Waals surface area contributed by atoms with Gasteiger partial charge in [0.25, 0.3) is 5.56 Å². The van der Waals surface area contributed by atoms with E-state index in [0.29, 0.717) is 4.53 Å². The maximum Gasteiger partial charge on any atom is 0.271 e. The Morgan fingerprint density at radius 2 is 1.49 bits per heavy atom. The molecule has 6 rings (SSSR count). The molecule has 0 saturated heterocycles. The van der Waals surface area contributed by atoms with Gasteiger partial charge in [-0.15, -0.1) is 0 Å². The first-order valence-corrected chi connectivity index (χ1v) is 14.4. The summed E-state index contributed by atoms with van der Waals surface area (Å²) in [6.45, 7) is 0. The van der Waals surface area contributed by atoms with Crippen LogP contribution in [0.4, 0.5) is 0 Å². The topological polar surface area (TPSA) is 52.8 Å². The average molecular weight is 600 g/mol. The molecule has 0 saturated carbocycles. The average Bonchev–Trinajstić information content (AvgIpc) is 3.28. The fourth-order valence-corrected chi connectivity index (χ4v) is 6.52. The Balaban J connectivity index is 1.54. The second-order valence-corrected chi connectivity index (χ2v) is 11.5. The van der Waals surface area contributed by atoms with Crippen molar-refractivity contribution in [2.45, 2.75) is 25.3 Å². The highest BCUT2D eigenvalue weighted by atomic mass is 79.9. The molecule has 39 heavy (non-hydrogen) atoms. The number of hydrogen-bond acceptors (Lipinski definition) is 5. The third-order valence-electron chi connectivity index (χ3n) is 7.19. The molecular formula is C32H27BrN2O3S. The monoisotopic (exact) mass is 598 g/mol. The summed E-state index contributed by atoms with van der Waals surface area (Å²) in [6, 6.07) is 23.9. The van der Waals surface area contributed by atoms with Crippen molar-refractivity contribution in [1.82, 2.24) is 4.57 Å². The molecule has 1 aromatic heterocycles. The molecule has 196 valence electrons. The fraction of sp³-hybridized carbons (Fsp3) is 0.188. The molecule has 0 spiro atoms. The summed E-state index contributed by atoms with van der Waals surface area (Å²) in [6.07, 6.45) is 7.02. The number of halogens is 1. The number of fused-ring (bicyclic) bond motifs is 1. The predicted molar refractivity (Wildman–Crippen MR) is 160 cm³/mol. The highest BCUT2D eigenvalue weighted by Crippen LogP contribution is 2.41. The number of thiazole rings is 1. The Morgan fingerprint density at radius 1 is 0.872 bits per heavy atom. The summed E-state index contributed by atoms with van der Waals surface area (Å²) >= 11 is 4.94. The molecule has 1 atom stereocenters. The van der Waals surface area contributed by atoms with Crippen molar-refractivity contribution in [2.24, 2.45) is 4.99 Å². The fourth-order valence-electron chi connectivity index (χ4n) is 5.25. The van der Waals surface area contributed by atoms with Crippen molar-refractivity contribution in [3.63, 3.8) is 0 Å². The predicted octanol–water partition coefficient (Wildman–Crippen LogP) is 6.26. The summed E-state index contributed by atoms with van der Waals surface area (Å²) in [5.74, 6) is 1.62. The molecule has 0 N–H and O–H groups in total. The van der Waals surface area contributed by atoms with Gasteiger partial charge in [-0.3, -0.25) is 9.36 Å². The number of methoxy groups -OCH3 is 2. The van der Waals surface area contributed by atoms with Crippen molar-refractivity contribution in [1.29, 1.82) is 0 Å². The zero-order chi connectivity index (χ0) is 26.9. The number of ether oxygens (including phenoxy) is 2. The van der Waals surface area contributed by atoms with Crippen LogP contribution in [0.2, 0.25) is 0 Å². The number of rotatable bonds is 5. The molecule has 5 nitrogen and oxygen atoms in total. The van der Waals surface area contributed by atoms with Crippen LogP contribution in [-0.4, -0.2) is 18.8 Å². The molecule has 0 fully saturated rings. The molecule has 2 heterocycles. The van der Waals surface area contributed by atoms with E-state index in [9.17, 15) is 4.79 Å². The molecule has 2 aliphatic rings.